The zero-order valence-electron chi connectivity index (χ0n) is 8.16. The molecule has 2 unspecified atom stereocenters. The van der Waals surface area contributed by atoms with E-state index in [2.05, 4.69) is 0 Å². The lowest BCUT2D eigenvalue weighted by Crippen LogP contribution is -2.28. The van der Waals surface area contributed by atoms with Crippen molar-refractivity contribution in [1.29, 1.82) is 0 Å². The first kappa shape index (κ1) is 10.8. The molecule has 0 N–H and O–H groups in total. The molecule has 0 aromatic carbocycles. The van der Waals surface area contributed by atoms with Crippen LogP contribution in [0.3, 0.4) is 0 Å². The standard InChI is InChI=1S/C10H16O2S/c1-7(2)10(12)9-5-3-4-8(6-11)13-9/h6-9H,3-5H2,1-2H3. The quantitative estimate of drug-likeness (QED) is 0.654. The average Bonchev–Trinajstić information content (AvgIpc) is 2.16. The number of hydrogen-bond donors (Lipinski definition) is 0. The highest BCUT2D eigenvalue weighted by molar-refractivity contribution is 8.01. The van der Waals surface area contributed by atoms with Crippen LogP contribution in [-0.4, -0.2) is 22.6 Å². The van der Waals surface area contributed by atoms with Gasteiger partial charge in [0.2, 0.25) is 0 Å². The van der Waals surface area contributed by atoms with Gasteiger partial charge >= 0.3 is 0 Å². The third-order valence-electron chi connectivity index (χ3n) is 2.33. The first-order chi connectivity index (χ1) is 6.15. The Labute approximate surface area is 83.5 Å². The van der Waals surface area contributed by atoms with Gasteiger partial charge in [-0.1, -0.05) is 20.3 Å². The number of carbonyl (C=O) groups excluding carboxylic acids is 2. The van der Waals surface area contributed by atoms with Crippen molar-refractivity contribution in [3.63, 3.8) is 0 Å². The lowest BCUT2D eigenvalue weighted by atomic mass is 10.0. The Hall–Kier alpha value is -0.310. The highest BCUT2D eigenvalue weighted by Crippen LogP contribution is 2.32. The molecule has 2 nitrogen and oxygen atoms in total. The van der Waals surface area contributed by atoms with Gasteiger partial charge in [0.15, 0.2) is 0 Å². The minimum atomic E-state index is 0.0569. The maximum absolute atomic E-state index is 11.6. The Morgan fingerprint density at radius 1 is 1.46 bits per heavy atom. The predicted molar refractivity (Wildman–Crippen MR) is 54.9 cm³/mol. The molecule has 0 aromatic rings. The number of aldehydes is 1. The van der Waals surface area contributed by atoms with Crippen LogP contribution in [0.5, 0.6) is 0 Å². The van der Waals surface area contributed by atoms with E-state index >= 15 is 0 Å². The maximum Gasteiger partial charge on any atom is 0.148 e. The fourth-order valence-electron chi connectivity index (χ4n) is 1.53. The van der Waals surface area contributed by atoms with Crippen molar-refractivity contribution in [3.8, 4) is 0 Å². The molecule has 0 amide bonds. The minimum absolute atomic E-state index is 0.0569. The molecular weight excluding hydrogens is 184 g/mol. The van der Waals surface area contributed by atoms with Crippen LogP contribution in [0.2, 0.25) is 0 Å². The number of hydrogen-bond acceptors (Lipinski definition) is 3. The Morgan fingerprint density at radius 2 is 2.15 bits per heavy atom. The summed E-state index contributed by atoms with van der Waals surface area (Å²) < 4.78 is 0. The van der Waals surface area contributed by atoms with Crippen molar-refractivity contribution < 1.29 is 9.59 Å². The van der Waals surface area contributed by atoms with Crippen molar-refractivity contribution in [2.45, 2.75) is 43.6 Å². The van der Waals surface area contributed by atoms with E-state index in [1.807, 2.05) is 13.8 Å². The Bertz CT molecular complexity index is 201. The normalized spacial score (nSPS) is 28.8. The highest BCUT2D eigenvalue weighted by Gasteiger charge is 2.28. The number of thioether (sulfide) groups is 1. The molecule has 3 heteroatoms. The maximum atomic E-state index is 11.6. The van der Waals surface area contributed by atoms with E-state index in [9.17, 15) is 9.59 Å². The number of Topliss-reactive ketones (excluding diaryl/α,β-unsaturated/α-hetero) is 1. The summed E-state index contributed by atoms with van der Waals surface area (Å²) in [5.74, 6) is 0.402. The van der Waals surface area contributed by atoms with Gasteiger partial charge in [-0.05, 0) is 12.8 Å². The molecule has 1 saturated heterocycles. The highest BCUT2D eigenvalue weighted by atomic mass is 32.2. The Kier molecular flexibility index (Phi) is 3.97. The van der Waals surface area contributed by atoms with E-state index < -0.39 is 0 Å². The second-order valence-electron chi connectivity index (χ2n) is 3.79. The summed E-state index contributed by atoms with van der Waals surface area (Å²) in [5.41, 5.74) is 0. The second-order valence-corrected chi connectivity index (χ2v) is 5.23. The molecule has 1 rings (SSSR count). The topological polar surface area (TPSA) is 34.1 Å². The molecule has 0 spiro atoms. The van der Waals surface area contributed by atoms with Crippen LogP contribution in [0.4, 0.5) is 0 Å². The lowest BCUT2D eigenvalue weighted by molar-refractivity contribution is -0.121. The van der Waals surface area contributed by atoms with Gasteiger partial charge in [0.25, 0.3) is 0 Å². The zero-order chi connectivity index (χ0) is 9.84. The van der Waals surface area contributed by atoms with E-state index in [1.165, 1.54) is 0 Å². The number of ketones is 1. The molecule has 1 fully saturated rings. The van der Waals surface area contributed by atoms with Crippen LogP contribution in [0.1, 0.15) is 33.1 Å². The monoisotopic (exact) mass is 200 g/mol. The van der Waals surface area contributed by atoms with Gasteiger partial charge in [-0.3, -0.25) is 4.79 Å². The van der Waals surface area contributed by atoms with Gasteiger partial charge in [0, 0.05) is 5.92 Å². The molecule has 1 aliphatic rings. The van der Waals surface area contributed by atoms with Gasteiger partial charge in [-0.25, -0.2) is 0 Å². The predicted octanol–water partition coefficient (Wildman–Crippen LogP) is 2.06. The van der Waals surface area contributed by atoms with Gasteiger partial charge in [-0.2, -0.15) is 0 Å². The van der Waals surface area contributed by atoms with Crippen molar-refractivity contribution >= 4 is 23.8 Å². The third kappa shape index (κ3) is 2.83. The zero-order valence-corrected chi connectivity index (χ0v) is 8.97. The van der Waals surface area contributed by atoms with E-state index in [0.717, 1.165) is 25.5 Å². The third-order valence-corrected chi connectivity index (χ3v) is 3.83. The second kappa shape index (κ2) is 4.80. The Morgan fingerprint density at radius 3 is 2.69 bits per heavy atom. The molecule has 1 aliphatic heterocycles. The van der Waals surface area contributed by atoms with Crippen molar-refractivity contribution in [2.75, 3.05) is 0 Å². The van der Waals surface area contributed by atoms with Crippen LogP contribution in [0, 0.1) is 5.92 Å². The fraction of sp³-hybridized carbons (Fsp3) is 0.800. The van der Waals surface area contributed by atoms with Crippen LogP contribution in [0.25, 0.3) is 0 Å². The molecule has 2 atom stereocenters. The molecule has 0 saturated carbocycles. The van der Waals surface area contributed by atoms with E-state index in [0.29, 0.717) is 5.78 Å². The van der Waals surface area contributed by atoms with Crippen LogP contribution >= 0.6 is 11.8 Å². The molecule has 1 heterocycles. The van der Waals surface area contributed by atoms with Crippen molar-refractivity contribution in [2.24, 2.45) is 5.92 Å². The summed E-state index contributed by atoms with van der Waals surface area (Å²) in [6.45, 7) is 3.85. The summed E-state index contributed by atoms with van der Waals surface area (Å²) >= 11 is 1.55. The van der Waals surface area contributed by atoms with E-state index in [-0.39, 0.29) is 16.4 Å². The van der Waals surface area contributed by atoms with Gasteiger partial charge in [0.05, 0.1) is 10.5 Å². The van der Waals surface area contributed by atoms with Gasteiger partial charge in [-0.15, -0.1) is 11.8 Å². The van der Waals surface area contributed by atoms with Gasteiger partial charge in [0.1, 0.15) is 12.1 Å². The van der Waals surface area contributed by atoms with E-state index in [1.54, 1.807) is 11.8 Å². The van der Waals surface area contributed by atoms with Crippen LogP contribution in [-0.2, 0) is 9.59 Å². The number of rotatable bonds is 3. The summed E-state index contributed by atoms with van der Waals surface area (Å²) in [5, 5.41) is 0.130. The molecular formula is C10H16O2S. The lowest BCUT2D eigenvalue weighted by Gasteiger charge is -2.25. The molecule has 0 bridgehead atoms. The van der Waals surface area contributed by atoms with Crippen molar-refractivity contribution in [1.82, 2.24) is 0 Å². The molecule has 0 aliphatic carbocycles. The summed E-state index contributed by atoms with van der Waals surface area (Å²) in [6, 6.07) is 0. The minimum Gasteiger partial charge on any atom is -0.302 e. The fourth-order valence-corrected chi connectivity index (χ4v) is 3.03. The summed E-state index contributed by atoms with van der Waals surface area (Å²) in [4.78, 5) is 22.2. The van der Waals surface area contributed by atoms with Crippen LogP contribution in [0.15, 0.2) is 0 Å². The smallest absolute Gasteiger partial charge is 0.148 e. The molecule has 74 valence electrons. The van der Waals surface area contributed by atoms with Crippen molar-refractivity contribution in [3.05, 3.63) is 0 Å². The largest absolute Gasteiger partial charge is 0.302 e. The molecule has 13 heavy (non-hydrogen) atoms. The van der Waals surface area contributed by atoms with Gasteiger partial charge < -0.3 is 4.79 Å². The first-order valence-electron chi connectivity index (χ1n) is 4.79. The SMILES string of the molecule is CC(C)C(=O)C1CCCC(C=O)S1. The Balaban J connectivity index is 2.51. The number of carbonyl (C=O) groups is 2. The first-order valence-corrected chi connectivity index (χ1v) is 5.74. The van der Waals surface area contributed by atoms with Crippen LogP contribution < -0.4 is 0 Å². The molecule has 0 aromatic heterocycles. The van der Waals surface area contributed by atoms with E-state index in [4.69, 9.17) is 0 Å². The average molecular weight is 200 g/mol. The summed E-state index contributed by atoms with van der Waals surface area (Å²) in [7, 11) is 0. The molecule has 0 radical (unpaired) electrons. The summed E-state index contributed by atoms with van der Waals surface area (Å²) in [6.07, 6.45) is 3.88.